The maximum absolute atomic E-state index is 11.5. The first-order valence-corrected chi connectivity index (χ1v) is 6.27. The number of thioether (sulfide) groups is 1. The van der Waals surface area contributed by atoms with Crippen LogP contribution in [0.2, 0.25) is 0 Å². The average molecular weight is 264 g/mol. The van der Waals surface area contributed by atoms with E-state index >= 15 is 0 Å². The summed E-state index contributed by atoms with van der Waals surface area (Å²) in [5.41, 5.74) is 1.87. The summed E-state index contributed by atoms with van der Waals surface area (Å²) in [6.07, 6.45) is -0.191. The third-order valence-electron chi connectivity index (χ3n) is 2.40. The number of hydrogen-bond acceptors (Lipinski definition) is 4. The van der Waals surface area contributed by atoms with E-state index in [1.54, 1.807) is 0 Å². The van der Waals surface area contributed by atoms with E-state index in [0.717, 1.165) is 23.0 Å². The molecule has 1 aliphatic heterocycles. The number of aliphatic carboxylic acids is 1. The molecular formula is C12H12N2O3S. The zero-order chi connectivity index (χ0) is 13.1. The number of benzene rings is 1. The number of carboxylic acids is 1. The predicted molar refractivity (Wildman–Crippen MR) is 70.0 cm³/mol. The molecule has 18 heavy (non-hydrogen) atoms. The first-order valence-electron chi connectivity index (χ1n) is 5.39. The van der Waals surface area contributed by atoms with E-state index in [1.807, 2.05) is 31.2 Å². The number of hydrogen-bond donors (Lipinski definition) is 2. The van der Waals surface area contributed by atoms with E-state index < -0.39 is 11.2 Å². The summed E-state index contributed by atoms with van der Waals surface area (Å²) in [5.74, 6) is -1.28. The molecule has 1 aromatic rings. The molecule has 0 radical (unpaired) electrons. The van der Waals surface area contributed by atoms with Crippen molar-refractivity contribution >= 4 is 34.5 Å². The molecule has 1 amide bonds. The summed E-state index contributed by atoms with van der Waals surface area (Å²) in [5, 5.41) is 11.1. The van der Waals surface area contributed by atoms with Gasteiger partial charge in [-0.1, -0.05) is 29.5 Å². The van der Waals surface area contributed by atoms with Crippen LogP contribution in [0.15, 0.2) is 29.3 Å². The summed E-state index contributed by atoms with van der Waals surface area (Å²) in [7, 11) is 0. The van der Waals surface area contributed by atoms with Crippen molar-refractivity contribution in [3.05, 3.63) is 29.8 Å². The molecule has 94 valence electrons. The van der Waals surface area contributed by atoms with Gasteiger partial charge in [0.1, 0.15) is 5.25 Å². The van der Waals surface area contributed by atoms with Crippen LogP contribution in [0.4, 0.5) is 5.69 Å². The number of aliphatic imine (C=N–C) groups is 1. The summed E-state index contributed by atoms with van der Waals surface area (Å²) in [4.78, 5) is 26.3. The number of carboxylic acid groups (broad SMARTS) is 1. The highest BCUT2D eigenvalue weighted by atomic mass is 32.2. The third-order valence-corrected chi connectivity index (χ3v) is 3.48. The van der Waals surface area contributed by atoms with E-state index in [-0.39, 0.29) is 12.3 Å². The Labute approximate surface area is 108 Å². The molecule has 1 aliphatic rings. The number of nitrogens with one attached hydrogen (secondary N) is 1. The fraction of sp³-hybridized carbons (Fsp3) is 0.250. The molecule has 1 aromatic carbocycles. The van der Waals surface area contributed by atoms with Crippen LogP contribution in [-0.2, 0) is 9.59 Å². The molecule has 1 atom stereocenters. The number of aryl methyl sites for hydroxylation is 1. The van der Waals surface area contributed by atoms with E-state index in [1.165, 1.54) is 0 Å². The average Bonchev–Trinajstić information content (AvgIpc) is 2.62. The lowest BCUT2D eigenvalue weighted by Crippen LogP contribution is -2.26. The number of amidine groups is 1. The van der Waals surface area contributed by atoms with Crippen molar-refractivity contribution in [3.63, 3.8) is 0 Å². The third kappa shape index (κ3) is 3.10. The first kappa shape index (κ1) is 12.6. The van der Waals surface area contributed by atoms with Crippen molar-refractivity contribution in [1.82, 2.24) is 5.32 Å². The number of carbonyl (C=O) groups is 2. The zero-order valence-electron chi connectivity index (χ0n) is 9.71. The minimum atomic E-state index is -0.987. The highest BCUT2D eigenvalue weighted by Gasteiger charge is 2.31. The molecule has 0 unspecified atom stereocenters. The monoisotopic (exact) mass is 264 g/mol. The van der Waals surface area contributed by atoms with Crippen LogP contribution in [0, 0.1) is 6.92 Å². The van der Waals surface area contributed by atoms with Gasteiger partial charge in [0.15, 0.2) is 5.17 Å². The predicted octanol–water partition coefficient (Wildman–Crippen LogP) is 1.69. The van der Waals surface area contributed by atoms with Gasteiger partial charge in [0.05, 0.1) is 12.1 Å². The molecule has 1 fully saturated rings. The van der Waals surface area contributed by atoms with Crippen molar-refractivity contribution in [2.45, 2.75) is 18.6 Å². The van der Waals surface area contributed by atoms with E-state index in [4.69, 9.17) is 5.11 Å². The molecule has 0 bridgehead atoms. The summed E-state index contributed by atoms with van der Waals surface area (Å²) >= 11 is 1.15. The molecule has 0 aromatic heterocycles. The Morgan fingerprint density at radius 1 is 1.44 bits per heavy atom. The van der Waals surface area contributed by atoms with Gasteiger partial charge in [-0.2, -0.15) is 0 Å². The van der Waals surface area contributed by atoms with Crippen molar-refractivity contribution in [1.29, 1.82) is 0 Å². The lowest BCUT2D eigenvalue weighted by Gasteiger charge is -1.98. The minimum Gasteiger partial charge on any atom is -0.481 e. The fourth-order valence-corrected chi connectivity index (χ4v) is 2.47. The first-order chi connectivity index (χ1) is 8.54. The van der Waals surface area contributed by atoms with Gasteiger partial charge < -0.3 is 10.4 Å². The van der Waals surface area contributed by atoms with Crippen LogP contribution in [-0.4, -0.2) is 27.4 Å². The van der Waals surface area contributed by atoms with Crippen molar-refractivity contribution in [2.75, 3.05) is 0 Å². The normalized spacial score (nSPS) is 21.1. The molecule has 2 N–H and O–H groups in total. The standard InChI is InChI=1S/C12H12N2O3S/c1-7-2-4-8(5-3-7)13-12-14-11(17)9(18-12)6-10(15)16/h2-5,9H,6H2,1H3,(H,15,16)(H,13,14,17)/t9-/m0/s1. The SMILES string of the molecule is Cc1ccc(N=C2NC(=O)[C@H](CC(=O)O)S2)cc1. The van der Waals surface area contributed by atoms with E-state index in [9.17, 15) is 9.59 Å². The molecule has 2 rings (SSSR count). The van der Waals surface area contributed by atoms with Gasteiger partial charge in [0.25, 0.3) is 0 Å². The van der Waals surface area contributed by atoms with Crippen molar-refractivity contribution < 1.29 is 14.7 Å². The molecule has 1 heterocycles. The quantitative estimate of drug-likeness (QED) is 0.870. The summed E-state index contributed by atoms with van der Waals surface area (Å²) in [6, 6.07) is 7.55. The summed E-state index contributed by atoms with van der Waals surface area (Å²) in [6.45, 7) is 1.98. The van der Waals surface area contributed by atoms with Crippen molar-refractivity contribution in [3.8, 4) is 0 Å². The van der Waals surface area contributed by atoms with E-state index in [0.29, 0.717) is 5.17 Å². The Bertz CT molecular complexity index is 511. The molecular weight excluding hydrogens is 252 g/mol. The smallest absolute Gasteiger partial charge is 0.305 e. The molecule has 0 saturated carbocycles. The highest BCUT2D eigenvalue weighted by molar-refractivity contribution is 8.15. The molecule has 6 heteroatoms. The van der Waals surface area contributed by atoms with Crippen LogP contribution >= 0.6 is 11.8 Å². The highest BCUT2D eigenvalue weighted by Crippen LogP contribution is 2.25. The van der Waals surface area contributed by atoms with E-state index in [2.05, 4.69) is 10.3 Å². The second-order valence-corrected chi connectivity index (χ2v) is 5.14. The second-order valence-electron chi connectivity index (χ2n) is 3.95. The number of rotatable bonds is 3. The maximum Gasteiger partial charge on any atom is 0.305 e. The topological polar surface area (TPSA) is 78.8 Å². The molecule has 1 saturated heterocycles. The number of carbonyl (C=O) groups excluding carboxylic acids is 1. The number of nitrogens with zero attached hydrogens (tertiary/aromatic N) is 1. The molecule has 0 spiro atoms. The maximum atomic E-state index is 11.5. The van der Waals surface area contributed by atoms with Crippen LogP contribution in [0.5, 0.6) is 0 Å². The lowest BCUT2D eigenvalue weighted by molar-refractivity contribution is -0.138. The van der Waals surface area contributed by atoms with Gasteiger partial charge in [-0.25, -0.2) is 4.99 Å². The van der Waals surface area contributed by atoms with Crippen molar-refractivity contribution in [2.24, 2.45) is 4.99 Å². The Morgan fingerprint density at radius 2 is 2.11 bits per heavy atom. The van der Waals surface area contributed by atoms with Gasteiger partial charge in [0.2, 0.25) is 5.91 Å². The van der Waals surface area contributed by atoms with Crippen LogP contribution in [0.3, 0.4) is 0 Å². The Hall–Kier alpha value is -1.82. The van der Waals surface area contributed by atoms with Crippen LogP contribution in [0.1, 0.15) is 12.0 Å². The Balaban J connectivity index is 2.09. The lowest BCUT2D eigenvalue weighted by atomic mass is 10.2. The second kappa shape index (κ2) is 5.22. The van der Waals surface area contributed by atoms with Gasteiger partial charge in [-0.15, -0.1) is 0 Å². The Kier molecular flexibility index (Phi) is 3.66. The van der Waals surface area contributed by atoms with Gasteiger partial charge >= 0.3 is 5.97 Å². The largest absolute Gasteiger partial charge is 0.481 e. The molecule has 0 aliphatic carbocycles. The van der Waals surface area contributed by atoms with Crippen LogP contribution < -0.4 is 5.32 Å². The number of amides is 1. The van der Waals surface area contributed by atoms with Gasteiger partial charge in [0, 0.05) is 0 Å². The Morgan fingerprint density at radius 3 is 2.72 bits per heavy atom. The fourth-order valence-electron chi connectivity index (χ4n) is 1.49. The van der Waals surface area contributed by atoms with Gasteiger partial charge in [-0.05, 0) is 19.1 Å². The molecule has 5 nitrogen and oxygen atoms in total. The van der Waals surface area contributed by atoms with Gasteiger partial charge in [-0.3, -0.25) is 9.59 Å². The summed E-state index contributed by atoms with van der Waals surface area (Å²) < 4.78 is 0. The minimum absolute atomic E-state index is 0.191. The van der Waals surface area contributed by atoms with Crippen LogP contribution in [0.25, 0.3) is 0 Å². The zero-order valence-corrected chi connectivity index (χ0v) is 10.5.